The minimum Gasteiger partial charge on any atom is -0.377 e. The van der Waals surface area contributed by atoms with E-state index in [1.54, 1.807) is 0 Å². The number of carbonyl (C=O) groups excluding carboxylic acids is 1. The van der Waals surface area contributed by atoms with Crippen LogP contribution >= 0.6 is 0 Å². The third-order valence-corrected chi connectivity index (χ3v) is 3.56. The van der Waals surface area contributed by atoms with Gasteiger partial charge in [-0.25, -0.2) is 0 Å². The molecule has 0 saturated carbocycles. The summed E-state index contributed by atoms with van der Waals surface area (Å²) >= 11 is 0. The number of hydrogen-bond donors (Lipinski definition) is 0. The smallest absolute Gasteiger partial charge is 0.127 e. The van der Waals surface area contributed by atoms with Crippen LogP contribution in [0.5, 0.6) is 0 Å². The van der Waals surface area contributed by atoms with E-state index in [9.17, 15) is 4.79 Å². The van der Waals surface area contributed by atoms with Gasteiger partial charge in [-0.15, -0.1) is 0 Å². The Morgan fingerprint density at radius 2 is 2.24 bits per heavy atom. The molecule has 0 N–H and O–H groups in total. The average molecular weight is 241 g/mol. The lowest BCUT2D eigenvalue weighted by molar-refractivity contribution is -0.117. The van der Waals surface area contributed by atoms with Crippen LogP contribution in [0.25, 0.3) is 0 Å². The van der Waals surface area contributed by atoms with E-state index in [1.807, 2.05) is 6.92 Å². The molecule has 0 spiro atoms. The van der Waals surface area contributed by atoms with Gasteiger partial charge in [0.2, 0.25) is 0 Å². The van der Waals surface area contributed by atoms with Gasteiger partial charge in [-0.3, -0.25) is 4.90 Å². The predicted molar refractivity (Wildman–Crippen MR) is 70.2 cm³/mol. The van der Waals surface area contributed by atoms with E-state index < -0.39 is 0 Å². The fourth-order valence-electron chi connectivity index (χ4n) is 2.79. The number of hydrogen-bond acceptors (Lipinski definition) is 3. The molecule has 0 radical (unpaired) electrons. The van der Waals surface area contributed by atoms with Crippen molar-refractivity contribution in [3.05, 3.63) is 0 Å². The number of aldehydes is 1. The van der Waals surface area contributed by atoms with E-state index >= 15 is 0 Å². The van der Waals surface area contributed by atoms with Gasteiger partial charge < -0.3 is 9.53 Å². The molecule has 17 heavy (non-hydrogen) atoms. The van der Waals surface area contributed by atoms with Crippen LogP contribution in [-0.4, -0.2) is 43.5 Å². The number of nitrogens with zero attached hydrogens (tertiary/aromatic N) is 1. The SMILES string of the molecule is CCCC(C)(C=O)CN1CCCC(OCC)C1. The second kappa shape index (κ2) is 7.12. The number of carbonyl (C=O) groups is 1. The number of ether oxygens (including phenoxy) is 1. The molecule has 3 heteroatoms. The van der Waals surface area contributed by atoms with Gasteiger partial charge >= 0.3 is 0 Å². The second-order valence-corrected chi connectivity index (χ2v) is 5.48. The summed E-state index contributed by atoms with van der Waals surface area (Å²) in [5.74, 6) is 0. The molecule has 1 aliphatic rings. The van der Waals surface area contributed by atoms with Gasteiger partial charge in [-0.2, -0.15) is 0 Å². The molecule has 0 bridgehead atoms. The van der Waals surface area contributed by atoms with Crippen LogP contribution in [0.2, 0.25) is 0 Å². The van der Waals surface area contributed by atoms with E-state index in [-0.39, 0.29) is 5.41 Å². The highest BCUT2D eigenvalue weighted by molar-refractivity contribution is 5.59. The van der Waals surface area contributed by atoms with Crippen LogP contribution in [0.4, 0.5) is 0 Å². The van der Waals surface area contributed by atoms with Crippen molar-refractivity contribution in [3.63, 3.8) is 0 Å². The third kappa shape index (κ3) is 4.76. The first kappa shape index (κ1) is 14.7. The molecule has 0 aromatic heterocycles. The van der Waals surface area contributed by atoms with Gasteiger partial charge in [-0.1, -0.05) is 20.3 Å². The van der Waals surface area contributed by atoms with Crippen molar-refractivity contribution >= 4 is 6.29 Å². The molecular weight excluding hydrogens is 214 g/mol. The Hall–Kier alpha value is -0.410. The largest absolute Gasteiger partial charge is 0.377 e. The fraction of sp³-hybridized carbons (Fsp3) is 0.929. The molecule has 1 aliphatic heterocycles. The molecule has 1 heterocycles. The summed E-state index contributed by atoms with van der Waals surface area (Å²) in [6, 6.07) is 0. The van der Waals surface area contributed by atoms with Crippen molar-refractivity contribution in [1.29, 1.82) is 0 Å². The summed E-state index contributed by atoms with van der Waals surface area (Å²) in [5.41, 5.74) is -0.178. The highest BCUT2D eigenvalue weighted by Crippen LogP contribution is 2.24. The van der Waals surface area contributed by atoms with Gasteiger partial charge in [0.05, 0.1) is 6.10 Å². The Kier molecular flexibility index (Phi) is 6.14. The Bertz CT molecular complexity index is 230. The molecule has 2 unspecified atom stereocenters. The van der Waals surface area contributed by atoms with Crippen LogP contribution in [0.15, 0.2) is 0 Å². The normalized spacial score (nSPS) is 25.5. The molecule has 1 saturated heterocycles. The van der Waals surface area contributed by atoms with E-state index in [0.717, 1.165) is 51.8 Å². The minimum atomic E-state index is -0.178. The first-order valence-electron chi connectivity index (χ1n) is 6.94. The molecule has 3 nitrogen and oxygen atoms in total. The standard InChI is InChI=1S/C14H27NO2/c1-4-8-14(3,12-16)11-15-9-6-7-13(10-15)17-5-2/h12-13H,4-11H2,1-3H3. The summed E-state index contributed by atoms with van der Waals surface area (Å²) in [7, 11) is 0. The Morgan fingerprint density at radius 3 is 2.82 bits per heavy atom. The zero-order valence-corrected chi connectivity index (χ0v) is 11.6. The minimum absolute atomic E-state index is 0.178. The third-order valence-electron chi connectivity index (χ3n) is 3.56. The highest BCUT2D eigenvalue weighted by Gasteiger charge is 2.29. The van der Waals surface area contributed by atoms with Gasteiger partial charge in [0, 0.05) is 25.1 Å². The number of rotatable bonds is 7. The van der Waals surface area contributed by atoms with Gasteiger partial charge in [0.25, 0.3) is 0 Å². The first-order valence-corrected chi connectivity index (χ1v) is 6.94. The van der Waals surface area contributed by atoms with Crippen LogP contribution in [-0.2, 0) is 9.53 Å². The van der Waals surface area contributed by atoms with Crippen LogP contribution in [0.3, 0.4) is 0 Å². The Labute approximate surface area is 106 Å². The molecule has 2 atom stereocenters. The van der Waals surface area contributed by atoms with Crippen molar-refractivity contribution in [2.24, 2.45) is 5.41 Å². The zero-order valence-electron chi connectivity index (χ0n) is 11.6. The number of piperidine rings is 1. The van der Waals surface area contributed by atoms with E-state index in [4.69, 9.17) is 4.74 Å². The molecule has 1 rings (SSSR count). The molecule has 0 aliphatic carbocycles. The molecule has 0 amide bonds. The second-order valence-electron chi connectivity index (χ2n) is 5.48. The quantitative estimate of drug-likeness (QED) is 0.641. The molecule has 0 aromatic carbocycles. The summed E-state index contributed by atoms with van der Waals surface area (Å²) in [4.78, 5) is 13.6. The van der Waals surface area contributed by atoms with Crippen molar-refractivity contribution in [3.8, 4) is 0 Å². The van der Waals surface area contributed by atoms with E-state index in [0.29, 0.717) is 6.10 Å². The van der Waals surface area contributed by atoms with Crippen molar-refractivity contribution in [1.82, 2.24) is 4.90 Å². The monoisotopic (exact) mass is 241 g/mol. The van der Waals surface area contributed by atoms with Crippen LogP contribution in [0, 0.1) is 5.41 Å². The maximum Gasteiger partial charge on any atom is 0.127 e. The topological polar surface area (TPSA) is 29.5 Å². The van der Waals surface area contributed by atoms with Gasteiger partial charge in [-0.05, 0) is 32.7 Å². The maximum absolute atomic E-state index is 11.2. The van der Waals surface area contributed by atoms with Crippen LogP contribution < -0.4 is 0 Å². The highest BCUT2D eigenvalue weighted by atomic mass is 16.5. The maximum atomic E-state index is 11.2. The van der Waals surface area contributed by atoms with Gasteiger partial charge in [0.1, 0.15) is 6.29 Å². The molecular formula is C14H27NO2. The summed E-state index contributed by atoms with van der Waals surface area (Å²) in [5, 5.41) is 0. The number of likely N-dealkylation sites (tertiary alicyclic amines) is 1. The van der Waals surface area contributed by atoms with E-state index in [1.165, 1.54) is 6.42 Å². The lowest BCUT2D eigenvalue weighted by Crippen LogP contribution is -2.45. The van der Waals surface area contributed by atoms with Gasteiger partial charge in [0.15, 0.2) is 0 Å². The van der Waals surface area contributed by atoms with Crippen molar-refractivity contribution < 1.29 is 9.53 Å². The Morgan fingerprint density at radius 1 is 1.47 bits per heavy atom. The van der Waals surface area contributed by atoms with Crippen molar-refractivity contribution in [2.45, 2.75) is 52.6 Å². The zero-order chi connectivity index (χ0) is 12.7. The summed E-state index contributed by atoms with van der Waals surface area (Å²) in [6.07, 6.45) is 5.90. The van der Waals surface area contributed by atoms with E-state index in [2.05, 4.69) is 18.7 Å². The fourth-order valence-corrected chi connectivity index (χ4v) is 2.79. The summed E-state index contributed by atoms with van der Waals surface area (Å²) < 4.78 is 5.69. The molecule has 1 fully saturated rings. The summed E-state index contributed by atoms with van der Waals surface area (Å²) in [6.45, 7) is 10.0. The lowest BCUT2D eigenvalue weighted by atomic mass is 9.86. The average Bonchev–Trinajstić information content (AvgIpc) is 2.30. The molecule has 100 valence electrons. The first-order chi connectivity index (χ1) is 8.13. The van der Waals surface area contributed by atoms with Crippen molar-refractivity contribution in [2.75, 3.05) is 26.2 Å². The van der Waals surface area contributed by atoms with Crippen LogP contribution in [0.1, 0.15) is 46.5 Å². The lowest BCUT2D eigenvalue weighted by Gasteiger charge is -2.37. The molecule has 0 aromatic rings. The predicted octanol–water partition coefficient (Wildman–Crippen LogP) is 2.49. The Balaban J connectivity index is 2.46.